The first-order chi connectivity index (χ1) is 10.4. The second-order valence-corrected chi connectivity index (χ2v) is 6.62. The number of carboxylic acid groups (broad SMARTS) is 1. The Hall–Kier alpha value is -1.56. The zero-order valence-corrected chi connectivity index (χ0v) is 14.2. The molecule has 0 bridgehead atoms. The summed E-state index contributed by atoms with van der Waals surface area (Å²) in [4.78, 5) is 16.9. The van der Waals surface area contributed by atoms with E-state index >= 15 is 0 Å². The van der Waals surface area contributed by atoms with Gasteiger partial charge in [-0.1, -0.05) is 47.5 Å². The van der Waals surface area contributed by atoms with Crippen LogP contribution < -0.4 is 0 Å². The second kappa shape index (κ2) is 5.57. The fourth-order valence-electron chi connectivity index (χ4n) is 2.52. The summed E-state index contributed by atoms with van der Waals surface area (Å²) in [6.45, 7) is 3.86. The van der Waals surface area contributed by atoms with Gasteiger partial charge in [-0.2, -0.15) is 0 Å². The summed E-state index contributed by atoms with van der Waals surface area (Å²) in [6, 6.07) is 5.36. The Kier molecular flexibility index (Phi) is 3.89. The predicted octanol–water partition coefficient (Wildman–Crippen LogP) is 4.94. The van der Waals surface area contributed by atoms with Crippen LogP contribution in [-0.2, 0) is 6.42 Å². The molecule has 2 aromatic heterocycles. The number of hydrogen-bond acceptors (Lipinski definition) is 3. The lowest BCUT2D eigenvalue weighted by molar-refractivity contribution is 0.0700. The van der Waals surface area contributed by atoms with Crippen LogP contribution in [0.15, 0.2) is 18.2 Å². The van der Waals surface area contributed by atoms with Crippen molar-refractivity contribution >= 4 is 45.5 Å². The van der Waals surface area contributed by atoms with Gasteiger partial charge in [0.15, 0.2) is 4.96 Å². The summed E-state index contributed by atoms with van der Waals surface area (Å²) >= 11 is 13.2. The Balaban J connectivity index is 2.25. The SMILES string of the molecule is CCc1c(C(=O)O)sc2nc(-c3ccc(Cl)c(Cl)c3)c(C)n12. The van der Waals surface area contributed by atoms with Crippen LogP contribution in [0.25, 0.3) is 16.2 Å². The average Bonchev–Trinajstić information content (AvgIpc) is 2.99. The minimum atomic E-state index is -0.914. The molecule has 0 spiro atoms. The normalized spacial score (nSPS) is 11.3. The highest BCUT2D eigenvalue weighted by Crippen LogP contribution is 2.33. The van der Waals surface area contributed by atoms with Crippen LogP contribution >= 0.6 is 34.5 Å². The zero-order chi connectivity index (χ0) is 16.0. The summed E-state index contributed by atoms with van der Waals surface area (Å²) < 4.78 is 1.91. The first-order valence-electron chi connectivity index (χ1n) is 6.63. The van der Waals surface area contributed by atoms with Crippen molar-refractivity contribution < 1.29 is 9.90 Å². The van der Waals surface area contributed by atoms with Crippen LogP contribution in [0.2, 0.25) is 10.0 Å². The van der Waals surface area contributed by atoms with Crippen LogP contribution in [0.5, 0.6) is 0 Å². The first-order valence-corrected chi connectivity index (χ1v) is 8.20. The van der Waals surface area contributed by atoms with E-state index in [0.717, 1.165) is 22.6 Å². The van der Waals surface area contributed by atoms with Crippen molar-refractivity contribution in [1.29, 1.82) is 0 Å². The van der Waals surface area contributed by atoms with Crippen molar-refractivity contribution in [3.63, 3.8) is 0 Å². The number of benzene rings is 1. The predicted molar refractivity (Wildman–Crippen MR) is 89.6 cm³/mol. The Bertz CT molecular complexity index is 899. The Labute approximate surface area is 140 Å². The van der Waals surface area contributed by atoms with Gasteiger partial charge >= 0.3 is 5.97 Å². The third-order valence-electron chi connectivity index (χ3n) is 3.52. The molecular weight excluding hydrogens is 343 g/mol. The number of aryl methyl sites for hydroxylation is 2. The molecule has 0 atom stereocenters. The molecule has 0 saturated carbocycles. The molecule has 0 radical (unpaired) electrons. The lowest BCUT2D eigenvalue weighted by Gasteiger charge is -2.04. The standard InChI is InChI=1S/C15H12Cl2N2O2S/c1-3-11-13(14(20)21)22-15-18-12(7(2)19(11)15)8-4-5-9(16)10(17)6-8/h4-6H,3H2,1-2H3,(H,20,21). The highest BCUT2D eigenvalue weighted by atomic mass is 35.5. The van der Waals surface area contributed by atoms with Gasteiger partial charge < -0.3 is 5.11 Å². The zero-order valence-electron chi connectivity index (χ0n) is 11.9. The van der Waals surface area contributed by atoms with Gasteiger partial charge in [-0.15, -0.1) is 0 Å². The molecule has 0 fully saturated rings. The van der Waals surface area contributed by atoms with Crippen LogP contribution in [0, 0.1) is 6.92 Å². The fraction of sp³-hybridized carbons (Fsp3) is 0.200. The van der Waals surface area contributed by atoms with Crippen molar-refractivity contribution in [2.45, 2.75) is 20.3 Å². The van der Waals surface area contributed by atoms with Crippen molar-refractivity contribution in [1.82, 2.24) is 9.38 Å². The molecule has 0 unspecified atom stereocenters. The third-order valence-corrected chi connectivity index (χ3v) is 5.33. The topological polar surface area (TPSA) is 54.6 Å². The molecule has 3 aromatic rings. The maximum absolute atomic E-state index is 11.3. The average molecular weight is 355 g/mol. The van der Waals surface area contributed by atoms with Gasteiger partial charge in [0.25, 0.3) is 0 Å². The molecule has 1 aromatic carbocycles. The van der Waals surface area contributed by atoms with E-state index in [4.69, 9.17) is 23.2 Å². The Morgan fingerprint density at radius 2 is 2.09 bits per heavy atom. The fourth-order valence-corrected chi connectivity index (χ4v) is 3.91. The number of carbonyl (C=O) groups is 1. The third kappa shape index (κ3) is 2.29. The van der Waals surface area contributed by atoms with Gasteiger partial charge in [0.1, 0.15) is 4.88 Å². The van der Waals surface area contributed by atoms with E-state index < -0.39 is 5.97 Å². The van der Waals surface area contributed by atoms with Gasteiger partial charge in [0.2, 0.25) is 0 Å². The van der Waals surface area contributed by atoms with E-state index in [0.29, 0.717) is 26.3 Å². The number of aromatic nitrogens is 2. The number of imidazole rings is 1. The van der Waals surface area contributed by atoms with Gasteiger partial charge in [-0.3, -0.25) is 4.40 Å². The Morgan fingerprint density at radius 1 is 1.36 bits per heavy atom. The van der Waals surface area contributed by atoms with Crippen molar-refractivity contribution in [2.24, 2.45) is 0 Å². The van der Waals surface area contributed by atoms with Crippen LogP contribution in [0.1, 0.15) is 28.0 Å². The van der Waals surface area contributed by atoms with Gasteiger partial charge in [-0.25, -0.2) is 9.78 Å². The van der Waals surface area contributed by atoms with Crippen LogP contribution in [-0.4, -0.2) is 20.5 Å². The molecule has 3 rings (SSSR count). The van der Waals surface area contributed by atoms with E-state index in [9.17, 15) is 9.90 Å². The Morgan fingerprint density at radius 3 is 2.68 bits per heavy atom. The number of thiazole rings is 1. The number of aromatic carboxylic acids is 1. The molecule has 0 aliphatic carbocycles. The number of halogens is 2. The molecular formula is C15H12Cl2N2O2S. The smallest absolute Gasteiger partial charge is 0.347 e. The minimum absolute atomic E-state index is 0.341. The first kappa shape index (κ1) is 15.3. The highest BCUT2D eigenvalue weighted by molar-refractivity contribution is 7.19. The summed E-state index contributed by atoms with van der Waals surface area (Å²) in [5.74, 6) is -0.914. The summed E-state index contributed by atoms with van der Waals surface area (Å²) in [5, 5.41) is 10.3. The molecule has 22 heavy (non-hydrogen) atoms. The number of hydrogen-bond donors (Lipinski definition) is 1. The quantitative estimate of drug-likeness (QED) is 0.724. The van der Waals surface area contributed by atoms with Crippen LogP contribution in [0.4, 0.5) is 0 Å². The largest absolute Gasteiger partial charge is 0.477 e. The van der Waals surface area contributed by atoms with E-state index in [1.165, 1.54) is 11.3 Å². The van der Waals surface area contributed by atoms with Gasteiger partial charge in [0, 0.05) is 17.0 Å². The van der Waals surface area contributed by atoms with Gasteiger partial charge in [-0.05, 0) is 25.5 Å². The second-order valence-electron chi connectivity index (χ2n) is 4.83. The maximum Gasteiger partial charge on any atom is 0.347 e. The molecule has 1 N–H and O–H groups in total. The summed E-state index contributed by atoms with van der Waals surface area (Å²) in [7, 11) is 0. The van der Waals surface area contributed by atoms with Crippen molar-refractivity contribution in [2.75, 3.05) is 0 Å². The molecule has 0 aliphatic rings. The highest BCUT2D eigenvalue weighted by Gasteiger charge is 2.22. The monoisotopic (exact) mass is 354 g/mol. The molecule has 0 saturated heterocycles. The molecule has 0 aliphatic heterocycles. The van der Waals surface area contributed by atoms with Crippen LogP contribution in [0.3, 0.4) is 0 Å². The van der Waals surface area contributed by atoms with E-state index in [1.807, 2.05) is 24.3 Å². The van der Waals surface area contributed by atoms with Crippen molar-refractivity contribution in [3.05, 3.63) is 44.5 Å². The number of carboxylic acids is 1. The molecule has 114 valence electrons. The maximum atomic E-state index is 11.3. The molecule has 0 amide bonds. The molecule has 4 nitrogen and oxygen atoms in total. The minimum Gasteiger partial charge on any atom is -0.477 e. The summed E-state index contributed by atoms with van der Waals surface area (Å²) in [5.41, 5.74) is 3.32. The van der Waals surface area contributed by atoms with E-state index in [2.05, 4.69) is 4.98 Å². The number of fused-ring (bicyclic) bond motifs is 1. The van der Waals surface area contributed by atoms with E-state index in [1.54, 1.807) is 12.1 Å². The number of rotatable bonds is 3. The molecule has 2 heterocycles. The van der Waals surface area contributed by atoms with Crippen molar-refractivity contribution in [3.8, 4) is 11.3 Å². The van der Waals surface area contributed by atoms with E-state index in [-0.39, 0.29) is 0 Å². The molecule has 7 heteroatoms. The van der Waals surface area contributed by atoms with Gasteiger partial charge in [0.05, 0.1) is 15.7 Å². The summed E-state index contributed by atoms with van der Waals surface area (Å²) in [6.07, 6.45) is 0.625. The lowest BCUT2D eigenvalue weighted by atomic mass is 10.1. The lowest BCUT2D eigenvalue weighted by Crippen LogP contribution is -2.01. The number of nitrogens with zero attached hydrogens (tertiary/aromatic N) is 2.